The summed E-state index contributed by atoms with van der Waals surface area (Å²) in [6, 6.07) is 5.35. The molecule has 19 heavy (non-hydrogen) atoms. The second kappa shape index (κ2) is 5.91. The van der Waals surface area contributed by atoms with E-state index in [9.17, 15) is 8.42 Å². The van der Waals surface area contributed by atoms with Crippen molar-refractivity contribution < 1.29 is 8.42 Å². The molecule has 1 fully saturated rings. The fourth-order valence-corrected chi connectivity index (χ4v) is 4.98. The monoisotopic (exact) mass is 346 g/mol. The van der Waals surface area contributed by atoms with Crippen molar-refractivity contribution in [1.29, 1.82) is 0 Å². The molecule has 1 N–H and O–H groups in total. The van der Waals surface area contributed by atoms with E-state index < -0.39 is 10.0 Å². The molecule has 0 amide bonds. The van der Waals surface area contributed by atoms with Gasteiger partial charge in [-0.1, -0.05) is 12.1 Å². The van der Waals surface area contributed by atoms with Crippen molar-refractivity contribution in [1.82, 2.24) is 9.62 Å². The fraction of sp³-hybridized carbons (Fsp3) is 0.538. The maximum absolute atomic E-state index is 12.6. The average molecular weight is 347 g/mol. The van der Waals surface area contributed by atoms with E-state index in [1.165, 1.54) is 0 Å². The van der Waals surface area contributed by atoms with Crippen LogP contribution < -0.4 is 5.32 Å². The Bertz CT molecular complexity index is 560. The van der Waals surface area contributed by atoms with E-state index in [0.717, 1.165) is 18.5 Å². The van der Waals surface area contributed by atoms with E-state index >= 15 is 0 Å². The summed E-state index contributed by atoms with van der Waals surface area (Å²) in [5.74, 6) is 0.406. The smallest absolute Gasteiger partial charge is 0.244 e. The molecule has 0 radical (unpaired) electrons. The SMILES string of the molecule is CNCC1CCN(S(=O)(=O)c2cccc(C)c2Br)C1. The second-order valence-corrected chi connectivity index (χ2v) is 7.66. The quantitative estimate of drug-likeness (QED) is 0.906. The lowest BCUT2D eigenvalue weighted by molar-refractivity contribution is 0.451. The highest BCUT2D eigenvalue weighted by Gasteiger charge is 2.33. The highest BCUT2D eigenvalue weighted by Crippen LogP contribution is 2.30. The van der Waals surface area contributed by atoms with Gasteiger partial charge in [0.1, 0.15) is 0 Å². The summed E-state index contributed by atoms with van der Waals surface area (Å²) in [6.07, 6.45) is 0.920. The van der Waals surface area contributed by atoms with Crippen molar-refractivity contribution in [3.63, 3.8) is 0 Å². The molecule has 2 rings (SSSR count). The zero-order chi connectivity index (χ0) is 14.0. The number of aryl methyl sites for hydroxylation is 1. The summed E-state index contributed by atoms with van der Waals surface area (Å²) < 4.78 is 27.5. The molecule has 1 aromatic carbocycles. The van der Waals surface area contributed by atoms with E-state index in [1.54, 1.807) is 16.4 Å². The van der Waals surface area contributed by atoms with E-state index in [1.807, 2.05) is 20.0 Å². The molecule has 0 aliphatic carbocycles. The van der Waals surface area contributed by atoms with Crippen molar-refractivity contribution in [3.05, 3.63) is 28.2 Å². The molecule has 1 aliphatic rings. The highest BCUT2D eigenvalue weighted by atomic mass is 79.9. The Balaban J connectivity index is 2.26. The Labute approximate surface area is 123 Å². The van der Waals surface area contributed by atoms with Gasteiger partial charge in [0.15, 0.2) is 0 Å². The summed E-state index contributed by atoms with van der Waals surface area (Å²) in [5.41, 5.74) is 0.937. The van der Waals surface area contributed by atoms with Crippen LogP contribution in [0.1, 0.15) is 12.0 Å². The van der Waals surface area contributed by atoms with Gasteiger partial charge in [0.2, 0.25) is 10.0 Å². The zero-order valence-corrected chi connectivity index (χ0v) is 13.6. The highest BCUT2D eigenvalue weighted by molar-refractivity contribution is 9.10. The molecule has 106 valence electrons. The lowest BCUT2D eigenvalue weighted by atomic mass is 10.1. The first-order valence-electron chi connectivity index (χ1n) is 6.36. The van der Waals surface area contributed by atoms with E-state index in [0.29, 0.717) is 28.4 Å². The molecule has 1 saturated heterocycles. The first kappa shape index (κ1) is 15.0. The maximum atomic E-state index is 12.6. The molecule has 1 atom stereocenters. The van der Waals surface area contributed by atoms with Crippen LogP contribution in [0.2, 0.25) is 0 Å². The lowest BCUT2D eigenvalue weighted by Crippen LogP contribution is -2.30. The Kier molecular flexibility index (Phi) is 4.66. The largest absolute Gasteiger partial charge is 0.319 e. The number of sulfonamides is 1. The molecule has 1 aromatic rings. The average Bonchev–Trinajstić information content (AvgIpc) is 2.82. The van der Waals surface area contributed by atoms with Crippen LogP contribution in [0.5, 0.6) is 0 Å². The predicted molar refractivity (Wildman–Crippen MR) is 79.7 cm³/mol. The number of nitrogens with zero attached hydrogens (tertiary/aromatic N) is 1. The topological polar surface area (TPSA) is 49.4 Å². The van der Waals surface area contributed by atoms with E-state index in [2.05, 4.69) is 21.2 Å². The van der Waals surface area contributed by atoms with Crippen molar-refractivity contribution >= 4 is 26.0 Å². The minimum absolute atomic E-state index is 0.373. The number of hydrogen-bond donors (Lipinski definition) is 1. The van der Waals surface area contributed by atoms with Gasteiger partial charge in [-0.15, -0.1) is 0 Å². The van der Waals surface area contributed by atoms with Gasteiger partial charge in [-0.3, -0.25) is 0 Å². The fourth-order valence-electron chi connectivity index (χ4n) is 2.43. The molecule has 0 aromatic heterocycles. The summed E-state index contributed by atoms with van der Waals surface area (Å²) >= 11 is 3.39. The Morgan fingerprint density at radius 2 is 2.21 bits per heavy atom. The van der Waals surface area contributed by atoms with Gasteiger partial charge >= 0.3 is 0 Å². The lowest BCUT2D eigenvalue weighted by Gasteiger charge is -2.18. The van der Waals surface area contributed by atoms with Crippen molar-refractivity contribution in [3.8, 4) is 0 Å². The normalized spacial score (nSPS) is 20.9. The van der Waals surface area contributed by atoms with Crippen LogP contribution >= 0.6 is 15.9 Å². The standard InChI is InChI=1S/C13H19BrN2O2S/c1-10-4-3-5-12(13(10)14)19(17,18)16-7-6-11(9-16)8-15-2/h3-5,11,15H,6-9H2,1-2H3. The second-order valence-electron chi connectivity index (χ2n) is 4.96. The molecule has 6 heteroatoms. The zero-order valence-electron chi connectivity index (χ0n) is 11.2. The van der Waals surface area contributed by atoms with Crippen molar-refractivity contribution in [2.45, 2.75) is 18.2 Å². The number of benzene rings is 1. The maximum Gasteiger partial charge on any atom is 0.244 e. The molecule has 0 saturated carbocycles. The van der Waals surface area contributed by atoms with Crippen molar-refractivity contribution in [2.24, 2.45) is 5.92 Å². The first-order valence-corrected chi connectivity index (χ1v) is 8.60. The van der Waals surface area contributed by atoms with Gasteiger partial charge in [0.05, 0.1) is 4.90 Å². The molecule has 0 spiro atoms. The molecule has 1 aliphatic heterocycles. The Morgan fingerprint density at radius 3 is 2.89 bits per heavy atom. The van der Waals surface area contributed by atoms with Crippen LogP contribution in [0.15, 0.2) is 27.6 Å². The number of nitrogens with one attached hydrogen (secondary N) is 1. The van der Waals surface area contributed by atoms with Crippen LogP contribution in [-0.2, 0) is 10.0 Å². The van der Waals surface area contributed by atoms with Crippen LogP contribution in [0, 0.1) is 12.8 Å². The van der Waals surface area contributed by atoms with Gasteiger partial charge in [-0.05, 0) is 60.4 Å². The summed E-state index contributed by atoms with van der Waals surface area (Å²) in [5, 5.41) is 3.11. The Hall–Kier alpha value is -0.430. The van der Waals surface area contributed by atoms with Gasteiger partial charge < -0.3 is 5.32 Å². The number of hydrogen-bond acceptors (Lipinski definition) is 3. The van der Waals surface area contributed by atoms with Crippen LogP contribution in [0.3, 0.4) is 0 Å². The number of halogens is 1. The van der Waals surface area contributed by atoms with Gasteiger partial charge in [-0.25, -0.2) is 8.42 Å². The third-order valence-electron chi connectivity index (χ3n) is 3.52. The Morgan fingerprint density at radius 1 is 1.47 bits per heavy atom. The summed E-state index contributed by atoms with van der Waals surface area (Å²) in [7, 11) is -1.49. The van der Waals surface area contributed by atoms with Gasteiger partial charge in [-0.2, -0.15) is 4.31 Å². The summed E-state index contributed by atoms with van der Waals surface area (Å²) in [6.45, 7) is 3.97. The van der Waals surface area contributed by atoms with Gasteiger partial charge in [0, 0.05) is 17.6 Å². The minimum Gasteiger partial charge on any atom is -0.319 e. The number of rotatable bonds is 4. The molecular formula is C13H19BrN2O2S. The molecular weight excluding hydrogens is 328 g/mol. The minimum atomic E-state index is -3.38. The van der Waals surface area contributed by atoms with Crippen LogP contribution in [-0.4, -0.2) is 39.4 Å². The predicted octanol–water partition coefficient (Wildman–Crippen LogP) is 1.99. The van der Waals surface area contributed by atoms with E-state index in [-0.39, 0.29) is 0 Å². The first-order chi connectivity index (χ1) is 8.96. The van der Waals surface area contributed by atoms with E-state index in [4.69, 9.17) is 0 Å². The van der Waals surface area contributed by atoms with Gasteiger partial charge in [0.25, 0.3) is 0 Å². The molecule has 1 heterocycles. The van der Waals surface area contributed by atoms with Crippen LogP contribution in [0.4, 0.5) is 0 Å². The van der Waals surface area contributed by atoms with Crippen LogP contribution in [0.25, 0.3) is 0 Å². The van der Waals surface area contributed by atoms with Crippen molar-refractivity contribution in [2.75, 3.05) is 26.7 Å². The summed E-state index contributed by atoms with van der Waals surface area (Å²) in [4.78, 5) is 0.373. The molecule has 0 bridgehead atoms. The molecule has 1 unspecified atom stereocenters. The third-order valence-corrected chi connectivity index (χ3v) is 6.74. The third kappa shape index (κ3) is 3.02. The molecule has 4 nitrogen and oxygen atoms in total.